The fraction of sp³-hybridized carbons (Fsp3) is 0.391. The van der Waals surface area contributed by atoms with Crippen molar-refractivity contribution < 1.29 is 18.7 Å². The van der Waals surface area contributed by atoms with Crippen LogP contribution < -0.4 is 5.32 Å². The molecule has 0 unspecified atom stereocenters. The third kappa shape index (κ3) is 4.65. The van der Waals surface area contributed by atoms with E-state index in [9.17, 15) is 14.0 Å². The van der Waals surface area contributed by atoms with Crippen LogP contribution in [-0.2, 0) is 14.9 Å². The van der Waals surface area contributed by atoms with E-state index >= 15 is 0 Å². The molecule has 1 N–H and O–H groups in total. The van der Waals surface area contributed by atoms with E-state index in [1.807, 2.05) is 30.3 Å². The van der Waals surface area contributed by atoms with Crippen molar-refractivity contribution >= 4 is 11.8 Å². The van der Waals surface area contributed by atoms with E-state index in [1.165, 1.54) is 12.1 Å². The highest BCUT2D eigenvalue weighted by Crippen LogP contribution is 2.36. The molecule has 0 radical (unpaired) electrons. The van der Waals surface area contributed by atoms with Crippen molar-refractivity contribution in [3.63, 3.8) is 0 Å². The number of hydrogen-bond acceptors (Lipinski definition) is 3. The first-order valence-electron chi connectivity index (χ1n) is 9.95. The topological polar surface area (TPSA) is 58.6 Å². The molecule has 2 amide bonds. The van der Waals surface area contributed by atoms with Gasteiger partial charge in [0.1, 0.15) is 5.82 Å². The average molecular weight is 398 g/mol. The lowest BCUT2D eigenvalue weighted by Gasteiger charge is -2.41. The molecule has 6 heteroatoms. The molecule has 1 aliphatic rings. The zero-order valence-corrected chi connectivity index (χ0v) is 16.7. The van der Waals surface area contributed by atoms with Gasteiger partial charge >= 0.3 is 0 Å². The molecule has 2 aromatic carbocycles. The first kappa shape index (κ1) is 21.0. The van der Waals surface area contributed by atoms with E-state index < -0.39 is 11.2 Å². The van der Waals surface area contributed by atoms with Crippen LogP contribution in [0.5, 0.6) is 0 Å². The van der Waals surface area contributed by atoms with Crippen molar-refractivity contribution in [1.29, 1.82) is 0 Å². The monoisotopic (exact) mass is 398 g/mol. The predicted molar refractivity (Wildman–Crippen MR) is 109 cm³/mol. The van der Waals surface area contributed by atoms with E-state index in [0.717, 1.165) is 12.0 Å². The lowest BCUT2D eigenvalue weighted by atomic mass is 9.72. The largest absolute Gasteiger partial charge is 0.385 e. The normalized spacial score (nSPS) is 15.7. The molecule has 1 saturated heterocycles. The highest BCUT2D eigenvalue weighted by Gasteiger charge is 2.43. The Kier molecular flexibility index (Phi) is 6.99. The highest BCUT2D eigenvalue weighted by atomic mass is 19.1. The summed E-state index contributed by atoms with van der Waals surface area (Å²) in [4.78, 5) is 27.6. The molecule has 2 aromatic rings. The summed E-state index contributed by atoms with van der Waals surface area (Å²) < 4.78 is 19.1. The number of rotatable bonds is 7. The van der Waals surface area contributed by atoms with Gasteiger partial charge in [0.05, 0.1) is 11.0 Å². The summed E-state index contributed by atoms with van der Waals surface area (Å²) in [5, 5.41) is 3.03. The van der Waals surface area contributed by atoms with E-state index in [0.29, 0.717) is 39.1 Å². The molecule has 0 aromatic heterocycles. The smallest absolute Gasteiger partial charge is 0.256 e. The van der Waals surface area contributed by atoms with Gasteiger partial charge in [-0.05, 0) is 37.0 Å². The molecule has 154 valence electrons. The van der Waals surface area contributed by atoms with Gasteiger partial charge in [-0.2, -0.15) is 0 Å². The van der Waals surface area contributed by atoms with Gasteiger partial charge in [0.15, 0.2) is 0 Å². The Morgan fingerprint density at radius 1 is 1.07 bits per heavy atom. The zero-order chi connectivity index (χ0) is 20.7. The van der Waals surface area contributed by atoms with Crippen LogP contribution in [0.3, 0.4) is 0 Å². The van der Waals surface area contributed by atoms with Crippen LogP contribution in [0.15, 0.2) is 54.6 Å². The lowest BCUT2D eigenvalue weighted by Crippen LogP contribution is -2.53. The van der Waals surface area contributed by atoms with Crippen LogP contribution in [0.25, 0.3) is 0 Å². The van der Waals surface area contributed by atoms with Gasteiger partial charge in [0, 0.05) is 33.4 Å². The number of methoxy groups -OCH3 is 1. The number of carbonyl (C=O) groups is 2. The Hall–Kier alpha value is -2.73. The number of benzene rings is 2. The van der Waals surface area contributed by atoms with Crippen molar-refractivity contribution in [1.82, 2.24) is 10.2 Å². The number of likely N-dealkylation sites (tertiary alicyclic amines) is 1. The third-order valence-corrected chi connectivity index (χ3v) is 5.58. The summed E-state index contributed by atoms with van der Waals surface area (Å²) in [6.45, 7) is 1.92. The fourth-order valence-electron chi connectivity index (χ4n) is 3.89. The summed E-state index contributed by atoms with van der Waals surface area (Å²) in [5.41, 5.74) is 0.325. The van der Waals surface area contributed by atoms with E-state index in [4.69, 9.17) is 4.74 Å². The van der Waals surface area contributed by atoms with Crippen LogP contribution in [0.1, 0.15) is 35.2 Å². The van der Waals surface area contributed by atoms with E-state index in [2.05, 4.69) is 5.32 Å². The summed E-state index contributed by atoms with van der Waals surface area (Å²) in [6.07, 6.45) is 1.73. The molecule has 3 rings (SSSR count). The number of amides is 2. The summed E-state index contributed by atoms with van der Waals surface area (Å²) in [7, 11) is 1.63. The number of halogens is 1. The number of hydrogen-bond donors (Lipinski definition) is 1. The Balaban J connectivity index is 1.75. The van der Waals surface area contributed by atoms with Crippen LogP contribution in [0, 0.1) is 5.82 Å². The molecule has 1 fully saturated rings. The molecule has 0 bridgehead atoms. The van der Waals surface area contributed by atoms with Crippen molar-refractivity contribution in [3.05, 3.63) is 71.5 Å². The first-order valence-corrected chi connectivity index (χ1v) is 9.95. The van der Waals surface area contributed by atoms with Crippen molar-refractivity contribution in [2.24, 2.45) is 0 Å². The predicted octanol–water partition coefficient (Wildman–Crippen LogP) is 3.15. The maximum Gasteiger partial charge on any atom is 0.256 e. The number of nitrogens with zero attached hydrogens (tertiary/aromatic N) is 1. The second-order valence-corrected chi connectivity index (χ2v) is 7.32. The molecule has 1 heterocycles. The lowest BCUT2D eigenvalue weighted by molar-refractivity contribution is -0.128. The number of nitrogens with one attached hydrogen (secondary N) is 1. The van der Waals surface area contributed by atoms with Gasteiger partial charge in [-0.3, -0.25) is 9.59 Å². The minimum atomic E-state index is -0.694. The Morgan fingerprint density at radius 3 is 2.38 bits per heavy atom. The zero-order valence-electron chi connectivity index (χ0n) is 16.7. The fourth-order valence-corrected chi connectivity index (χ4v) is 3.89. The third-order valence-electron chi connectivity index (χ3n) is 5.58. The van der Waals surface area contributed by atoms with Crippen molar-refractivity contribution in [3.8, 4) is 0 Å². The number of carbonyl (C=O) groups excluding carboxylic acids is 2. The SMILES string of the molecule is COCCCNC(=O)C1(c2ccccc2)CCN(C(=O)c2ccccc2F)CC1. The van der Waals surface area contributed by atoms with E-state index in [1.54, 1.807) is 24.1 Å². The average Bonchev–Trinajstić information content (AvgIpc) is 2.77. The van der Waals surface area contributed by atoms with Crippen LogP contribution in [0.4, 0.5) is 4.39 Å². The molecule has 0 aliphatic carbocycles. The molecular formula is C23H27FN2O3. The molecule has 0 spiro atoms. The molecule has 0 saturated carbocycles. The summed E-state index contributed by atoms with van der Waals surface area (Å²) in [5.74, 6) is -0.878. The summed E-state index contributed by atoms with van der Waals surface area (Å²) >= 11 is 0. The van der Waals surface area contributed by atoms with Gasteiger partial charge in [-0.15, -0.1) is 0 Å². The van der Waals surface area contributed by atoms with E-state index in [-0.39, 0.29) is 17.4 Å². The van der Waals surface area contributed by atoms with Crippen molar-refractivity contribution in [2.75, 3.05) is 33.4 Å². The Morgan fingerprint density at radius 2 is 1.72 bits per heavy atom. The molecular weight excluding hydrogens is 371 g/mol. The molecule has 5 nitrogen and oxygen atoms in total. The Labute approximate surface area is 170 Å². The Bertz CT molecular complexity index is 833. The first-order chi connectivity index (χ1) is 14.1. The van der Waals surface area contributed by atoms with Gasteiger partial charge < -0.3 is 15.0 Å². The quantitative estimate of drug-likeness (QED) is 0.729. The maximum absolute atomic E-state index is 14.0. The maximum atomic E-state index is 14.0. The van der Waals surface area contributed by atoms with Gasteiger partial charge in [0.2, 0.25) is 5.91 Å². The second kappa shape index (κ2) is 9.65. The summed E-state index contributed by atoms with van der Waals surface area (Å²) in [6, 6.07) is 15.7. The van der Waals surface area contributed by atoms with Gasteiger partial charge in [0.25, 0.3) is 5.91 Å². The highest BCUT2D eigenvalue weighted by molar-refractivity contribution is 5.95. The van der Waals surface area contributed by atoms with Gasteiger partial charge in [-0.1, -0.05) is 42.5 Å². The van der Waals surface area contributed by atoms with Crippen LogP contribution in [0.2, 0.25) is 0 Å². The number of piperidine rings is 1. The minimum Gasteiger partial charge on any atom is -0.385 e. The van der Waals surface area contributed by atoms with Gasteiger partial charge in [-0.25, -0.2) is 4.39 Å². The molecule has 29 heavy (non-hydrogen) atoms. The molecule has 0 atom stereocenters. The minimum absolute atomic E-state index is 0.0298. The second-order valence-electron chi connectivity index (χ2n) is 7.32. The van der Waals surface area contributed by atoms with Crippen molar-refractivity contribution in [2.45, 2.75) is 24.7 Å². The standard InChI is InChI=1S/C23H27FN2O3/c1-29-17-7-14-25-22(28)23(18-8-3-2-4-9-18)12-15-26(16-13-23)21(27)19-10-5-6-11-20(19)24/h2-6,8-11H,7,12-17H2,1H3,(H,25,28). The van der Waals surface area contributed by atoms with Crippen LogP contribution in [-0.4, -0.2) is 50.1 Å². The number of ether oxygens (including phenoxy) is 1. The molecule has 1 aliphatic heterocycles. The van der Waals surface area contributed by atoms with Crippen LogP contribution >= 0.6 is 0 Å².